The molecule has 216 valence electrons. The number of carbonyl (C=O) groups excluding carboxylic acids is 1. The van der Waals surface area contributed by atoms with Gasteiger partial charge in [0.1, 0.15) is 30.1 Å². The average Bonchev–Trinajstić information content (AvgIpc) is 3.18. The van der Waals surface area contributed by atoms with Crippen molar-refractivity contribution >= 4 is 13.7 Å². The number of aromatic nitrogens is 2. The lowest BCUT2D eigenvalue weighted by molar-refractivity contribution is -0.152. The minimum atomic E-state index is -4.33. The van der Waals surface area contributed by atoms with Crippen molar-refractivity contribution in [2.45, 2.75) is 75.2 Å². The van der Waals surface area contributed by atoms with E-state index in [1.54, 1.807) is 18.2 Å². The van der Waals surface area contributed by atoms with Crippen LogP contribution in [-0.4, -0.2) is 62.3 Å². The van der Waals surface area contributed by atoms with Crippen molar-refractivity contribution in [2.75, 3.05) is 6.61 Å². The third-order valence-corrected chi connectivity index (χ3v) is 8.38. The van der Waals surface area contributed by atoms with Crippen LogP contribution in [0.4, 0.5) is 0 Å². The van der Waals surface area contributed by atoms with Crippen LogP contribution >= 0.6 is 7.75 Å². The van der Waals surface area contributed by atoms with Crippen molar-refractivity contribution in [1.29, 1.82) is 0 Å². The Balaban J connectivity index is 1.51. The Labute approximate surface area is 230 Å². The molecule has 13 nitrogen and oxygen atoms in total. The second-order valence-corrected chi connectivity index (χ2v) is 11.4. The largest absolute Gasteiger partial charge is 0.461 e. The Morgan fingerprint density at radius 3 is 2.62 bits per heavy atom. The summed E-state index contributed by atoms with van der Waals surface area (Å²) in [7, 11) is -4.33. The van der Waals surface area contributed by atoms with Crippen LogP contribution < -0.4 is 20.9 Å². The molecule has 0 amide bonds. The zero-order valence-electron chi connectivity index (χ0n) is 21.8. The van der Waals surface area contributed by atoms with Crippen LogP contribution in [0.25, 0.3) is 0 Å². The number of nitrogens with one attached hydrogen (secondary N) is 2. The Morgan fingerprint density at radius 2 is 1.98 bits per heavy atom. The van der Waals surface area contributed by atoms with E-state index < -0.39 is 61.7 Å². The fraction of sp³-hybridized carbons (Fsp3) is 0.500. The third kappa shape index (κ3) is 6.72. The molecule has 14 heteroatoms. The molecule has 1 saturated heterocycles. The van der Waals surface area contributed by atoms with E-state index in [1.165, 1.54) is 19.1 Å². The van der Waals surface area contributed by atoms with Gasteiger partial charge in [0.05, 0.1) is 6.61 Å². The van der Waals surface area contributed by atoms with E-state index in [1.807, 2.05) is 10.9 Å². The summed E-state index contributed by atoms with van der Waals surface area (Å²) in [6, 6.07) is 7.98. The number of H-pyrrole nitrogens is 1. The van der Waals surface area contributed by atoms with Gasteiger partial charge in [0.15, 0.2) is 11.8 Å². The van der Waals surface area contributed by atoms with Gasteiger partial charge < -0.3 is 24.2 Å². The first-order valence-corrected chi connectivity index (χ1v) is 14.4. The number of aliphatic hydroxyl groups excluding tert-OH is 1. The lowest BCUT2D eigenvalue weighted by Gasteiger charge is -2.27. The molecule has 4 N–H and O–H groups in total. The van der Waals surface area contributed by atoms with E-state index in [0.717, 1.165) is 48.9 Å². The summed E-state index contributed by atoms with van der Waals surface area (Å²) in [6.07, 6.45) is 5.98. The molecule has 4 rings (SSSR count). The number of hydrogen-bond acceptors (Lipinski definition) is 10. The molecule has 1 saturated carbocycles. The van der Waals surface area contributed by atoms with Crippen LogP contribution in [0.3, 0.4) is 0 Å². The van der Waals surface area contributed by atoms with Crippen LogP contribution in [0.15, 0.2) is 52.2 Å². The monoisotopic (exact) mass is 577 g/mol. The van der Waals surface area contributed by atoms with Gasteiger partial charge in [-0.1, -0.05) is 30.5 Å². The number of esters is 1. The van der Waals surface area contributed by atoms with Gasteiger partial charge in [-0.15, -0.1) is 6.42 Å². The van der Waals surface area contributed by atoms with Gasteiger partial charge >= 0.3 is 19.4 Å². The van der Waals surface area contributed by atoms with Gasteiger partial charge in [0.25, 0.3) is 5.56 Å². The number of nitrogens with zero attached hydrogens (tertiary/aromatic N) is 1. The van der Waals surface area contributed by atoms with Gasteiger partial charge in [-0.2, -0.15) is 5.09 Å². The first kappa shape index (κ1) is 29.7. The number of carbonyl (C=O) groups is 1. The Hall–Kier alpha value is -3.24. The quantitative estimate of drug-likeness (QED) is 0.181. The summed E-state index contributed by atoms with van der Waals surface area (Å²) >= 11 is 0. The summed E-state index contributed by atoms with van der Waals surface area (Å²) in [4.78, 5) is 38.5. The molecule has 1 aliphatic carbocycles. The number of para-hydroxylation sites is 1. The summed E-state index contributed by atoms with van der Waals surface area (Å²) in [5.74, 6) is 1.56. The molecule has 1 aliphatic heterocycles. The van der Waals surface area contributed by atoms with Crippen molar-refractivity contribution in [2.24, 2.45) is 0 Å². The van der Waals surface area contributed by atoms with Gasteiger partial charge in [-0.25, -0.2) is 9.36 Å². The van der Waals surface area contributed by atoms with Crippen LogP contribution in [-0.2, 0) is 23.4 Å². The molecule has 1 aromatic carbocycles. The van der Waals surface area contributed by atoms with E-state index in [2.05, 4.69) is 5.09 Å². The zero-order chi connectivity index (χ0) is 28.9. The topological polar surface area (TPSA) is 178 Å². The molecule has 2 fully saturated rings. The number of aliphatic hydroxyl groups is 2. The highest BCUT2D eigenvalue weighted by Gasteiger charge is 2.56. The SMILES string of the molecule is C#C[C@@]1(O)[C@H](O)[C@@H](COP(=O)(NC(C)C(=O)OC2CCCCC2)Oc2ccccc2)O[C@H]1n1ccc(=O)[nH]c1=O. The molecule has 6 atom stereocenters. The molecule has 2 heterocycles. The normalized spacial score (nSPS) is 27.3. The molecular formula is C26H32N3O10P. The molecule has 2 aliphatic rings. The highest BCUT2D eigenvalue weighted by molar-refractivity contribution is 7.52. The fourth-order valence-corrected chi connectivity index (χ4v) is 6.07. The van der Waals surface area contributed by atoms with E-state index in [9.17, 15) is 29.2 Å². The number of aromatic amines is 1. The summed E-state index contributed by atoms with van der Waals surface area (Å²) in [6.45, 7) is 0.813. The lowest BCUT2D eigenvalue weighted by Crippen LogP contribution is -2.48. The van der Waals surface area contributed by atoms with Crippen molar-refractivity contribution in [3.8, 4) is 18.1 Å². The first-order valence-electron chi connectivity index (χ1n) is 12.9. The van der Waals surface area contributed by atoms with Crippen LogP contribution in [0, 0.1) is 12.3 Å². The molecular weight excluding hydrogens is 545 g/mol. The van der Waals surface area contributed by atoms with Crippen molar-refractivity contribution in [1.82, 2.24) is 14.6 Å². The number of hydrogen-bond donors (Lipinski definition) is 4. The third-order valence-electron chi connectivity index (χ3n) is 6.74. The maximum absolute atomic E-state index is 13.8. The van der Waals surface area contributed by atoms with Crippen LogP contribution in [0.5, 0.6) is 5.75 Å². The maximum Gasteiger partial charge on any atom is 0.459 e. The van der Waals surface area contributed by atoms with E-state index in [0.29, 0.717) is 0 Å². The Morgan fingerprint density at radius 1 is 1.27 bits per heavy atom. The highest BCUT2D eigenvalue weighted by atomic mass is 31.2. The fourth-order valence-electron chi connectivity index (χ4n) is 4.57. The second kappa shape index (κ2) is 12.5. The van der Waals surface area contributed by atoms with Gasteiger partial charge in [-0.05, 0) is 44.7 Å². The van der Waals surface area contributed by atoms with Gasteiger partial charge in [0, 0.05) is 12.3 Å². The lowest BCUT2D eigenvalue weighted by atomic mass is 9.95. The number of ether oxygens (including phenoxy) is 2. The Bertz CT molecular complexity index is 1380. The second-order valence-electron chi connectivity index (χ2n) is 9.70. The standard InChI is InChI=1S/C26H32N3O10P/c1-3-26(34)22(31)20(38-24(26)29-15-14-21(30)27-25(29)33)16-36-40(35,39-19-12-8-5-9-13-19)28-17(2)23(32)37-18-10-6-4-7-11-18/h1,5,8-9,12-15,17-18,20,22,24,31,34H,4,6-7,10-11,16H2,2H3,(H,28,35)(H,27,30,33)/t17?,20-,22-,24-,26-,40?/m1/s1. The predicted molar refractivity (Wildman–Crippen MR) is 141 cm³/mol. The van der Waals surface area contributed by atoms with E-state index in [-0.39, 0.29) is 11.9 Å². The molecule has 1 aromatic heterocycles. The molecule has 0 bridgehead atoms. The molecule has 0 spiro atoms. The first-order chi connectivity index (χ1) is 19.0. The Kier molecular flexibility index (Phi) is 9.30. The van der Waals surface area contributed by atoms with Crippen molar-refractivity contribution < 1.29 is 38.1 Å². The number of benzene rings is 1. The minimum Gasteiger partial charge on any atom is -0.461 e. The molecule has 2 unspecified atom stereocenters. The van der Waals surface area contributed by atoms with E-state index in [4.69, 9.17) is 24.9 Å². The van der Waals surface area contributed by atoms with Crippen LogP contribution in [0.2, 0.25) is 0 Å². The van der Waals surface area contributed by atoms with E-state index >= 15 is 0 Å². The predicted octanol–water partition coefficient (Wildman–Crippen LogP) is 1.22. The number of rotatable bonds is 10. The smallest absolute Gasteiger partial charge is 0.459 e. The minimum absolute atomic E-state index is 0.164. The maximum atomic E-state index is 13.8. The number of terminal acetylenes is 1. The van der Waals surface area contributed by atoms with Crippen molar-refractivity contribution in [3.63, 3.8) is 0 Å². The van der Waals surface area contributed by atoms with Crippen molar-refractivity contribution in [3.05, 3.63) is 63.4 Å². The molecule has 0 radical (unpaired) electrons. The summed E-state index contributed by atoms with van der Waals surface area (Å²) in [5.41, 5.74) is -4.04. The summed E-state index contributed by atoms with van der Waals surface area (Å²) in [5, 5.41) is 24.4. The van der Waals surface area contributed by atoms with Gasteiger partial charge in [-0.3, -0.25) is 23.7 Å². The average molecular weight is 578 g/mol. The van der Waals surface area contributed by atoms with Gasteiger partial charge in [0.2, 0.25) is 0 Å². The van der Waals surface area contributed by atoms with Crippen LogP contribution in [0.1, 0.15) is 45.3 Å². The molecule has 2 aromatic rings. The molecule has 40 heavy (non-hydrogen) atoms. The summed E-state index contributed by atoms with van der Waals surface area (Å²) < 4.78 is 37.0. The zero-order valence-corrected chi connectivity index (χ0v) is 22.7. The highest BCUT2D eigenvalue weighted by Crippen LogP contribution is 2.47.